The molecule has 3 rings (SSSR count). The molecular formula is C21H20FeN2O4. The van der Waals surface area contributed by atoms with Gasteiger partial charge >= 0.3 is 23.0 Å². The Morgan fingerprint density at radius 2 is 1.46 bits per heavy atom. The van der Waals surface area contributed by atoms with Crippen molar-refractivity contribution in [2.45, 2.75) is 12.8 Å². The summed E-state index contributed by atoms with van der Waals surface area (Å²) in [5, 5.41) is 25.7. The van der Waals surface area contributed by atoms with E-state index < -0.39 is 5.97 Å². The smallest absolute Gasteiger partial charge is 0.860 e. The van der Waals surface area contributed by atoms with Crippen molar-refractivity contribution in [2.24, 2.45) is 0 Å². The van der Waals surface area contributed by atoms with Crippen LogP contribution in [0, 0.1) is 0 Å². The third-order valence-corrected chi connectivity index (χ3v) is 3.47. The van der Waals surface area contributed by atoms with Crippen molar-refractivity contribution in [3.63, 3.8) is 0 Å². The van der Waals surface area contributed by atoms with Crippen molar-refractivity contribution in [1.29, 1.82) is 0 Å². The molecule has 2 aromatic carbocycles. The molecule has 0 fully saturated rings. The van der Waals surface area contributed by atoms with Gasteiger partial charge in [0.05, 0.1) is 6.42 Å². The topological polar surface area (TPSA) is 101 Å². The normalized spacial score (nSPS) is 11.1. The average molecular weight is 420 g/mol. The van der Waals surface area contributed by atoms with Crippen molar-refractivity contribution >= 4 is 23.3 Å². The van der Waals surface area contributed by atoms with Crippen LogP contribution in [-0.4, -0.2) is 17.0 Å². The molecule has 0 atom stereocenters. The van der Waals surface area contributed by atoms with Gasteiger partial charge in [-0.25, -0.2) is 12.1 Å². The minimum atomic E-state index is -1.01. The zero-order valence-corrected chi connectivity index (χ0v) is 16.0. The maximum absolute atomic E-state index is 11.9. The Morgan fingerprint density at radius 1 is 0.929 bits per heavy atom. The number of hydrogen-bond donors (Lipinski definition) is 3. The van der Waals surface area contributed by atoms with Gasteiger partial charge in [-0.1, -0.05) is 24.3 Å². The quantitative estimate of drug-likeness (QED) is 0.379. The standard InChI is InChI=1S/C16H16N2O4.C5H5.Fe/c19-14(9-10-15(20)21)17-12-5-7-13(8-6-12)18-16(22)11-3-1-2-4-11;1-2-4-5-3-1;/h1-8,18,22H,9-10H2,(H,17,19)(H,20,21);1-5H;/q;-1;+2/p-1. The summed E-state index contributed by atoms with van der Waals surface area (Å²) < 4.78 is 0. The number of allylic oxidation sites excluding steroid dienone is 5. The van der Waals surface area contributed by atoms with Crippen LogP contribution in [0.1, 0.15) is 12.8 Å². The minimum Gasteiger partial charge on any atom is -0.860 e. The van der Waals surface area contributed by atoms with Crippen LogP contribution in [0.4, 0.5) is 11.4 Å². The van der Waals surface area contributed by atoms with Crippen molar-refractivity contribution in [3.05, 3.63) is 90.4 Å². The van der Waals surface area contributed by atoms with E-state index >= 15 is 0 Å². The number of carboxylic acids is 1. The van der Waals surface area contributed by atoms with E-state index in [0.29, 0.717) is 16.9 Å². The van der Waals surface area contributed by atoms with Gasteiger partial charge in [0.15, 0.2) is 0 Å². The first-order valence-electron chi connectivity index (χ1n) is 8.36. The molecule has 2 aromatic rings. The SMILES string of the molecule is O=C(O)CCC(=O)Nc1ccc(NC([O-])=C2C=CC=C2)cc1.[Fe+2].c1cc[cH-]c1. The van der Waals surface area contributed by atoms with Gasteiger partial charge in [-0.15, -0.1) is 0 Å². The zero-order valence-electron chi connectivity index (χ0n) is 14.9. The van der Waals surface area contributed by atoms with E-state index in [2.05, 4.69) is 10.6 Å². The molecule has 0 bridgehead atoms. The van der Waals surface area contributed by atoms with Crippen LogP contribution in [0.25, 0.3) is 0 Å². The summed E-state index contributed by atoms with van der Waals surface area (Å²) in [5.74, 6) is -1.58. The van der Waals surface area contributed by atoms with E-state index in [-0.39, 0.29) is 41.7 Å². The van der Waals surface area contributed by atoms with Crippen molar-refractivity contribution in [1.82, 2.24) is 0 Å². The molecule has 0 spiro atoms. The number of amides is 1. The fourth-order valence-electron chi connectivity index (χ4n) is 2.13. The molecule has 1 aliphatic carbocycles. The largest absolute Gasteiger partial charge is 2.00 e. The fraction of sp³-hybridized carbons (Fsp3) is 0.0952. The Kier molecular flexibility index (Phi) is 10.0. The minimum absolute atomic E-state index is 0. The summed E-state index contributed by atoms with van der Waals surface area (Å²) in [6, 6.07) is 16.6. The molecule has 6 nitrogen and oxygen atoms in total. The molecule has 1 aliphatic rings. The predicted octanol–water partition coefficient (Wildman–Crippen LogP) is 3.00. The van der Waals surface area contributed by atoms with Gasteiger partial charge in [-0.2, -0.15) is 18.2 Å². The first-order chi connectivity index (χ1) is 13.0. The van der Waals surface area contributed by atoms with E-state index in [1.54, 1.807) is 48.6 Å². The maximum atomic E-state index is 11.9. The van der Waals surface area contributed by atoms with Crippen molar-refractivity contribution < 1.29 is 36.9 Å². The number of nitrogens with one attached hydrogen (secondary N) is 2. The van der Waals surface area contributed by atoms with Gasteiger partial charge in [0.1, 0.15) is 0 Å². The molecule has 1 amide bonds. The zero-order chi connectivity index (χ0) is 19.5. The molecule has 28 heavy (non-hydrogen) atoms. The Hall–Kier alpha value is -3.15. The number of hydrogen-bond acceptors (Lipinski definition) is 4. The molecule has 3 N–H and O–H groups in total. The van der Waals surface area contributed by atoms with E-state index in [0.717, 1.165) is 0 Å². The third-order valence-electron chi connectivity index (χ3n) is 3.47. The Morgan fingerprint density at radius 3 is 1.93 bits per heavy atom. The van der Waals surface area contributed by atoms with Gasteiger partial charge in [-0.3, -0.25) is 9.59 Å². The second-order valence-corrected chi connectivity index (χ2v) is 5.61. The fourth-order valence-corrected chi connectivity index (χ4v) is 2.13. The van der Waals surface area contributed by atoms with E-state index in [4.69, 9.17) is 5.11 Å². The summed E-state index contributed by atoms with van der Waals surface area (Å²) in [6.45, 7) is 0. The van der Waals surface area contributed by atoms with E-state index in [1.807, 2.05) is 30.3 Å². The van der Waals surface area contributed by atoms with E-state index in [1.165, 1.54) is 0 Å². The Balaban J connectivity index is 0.000000567. The van der Waals surface area contributed by atoms with Crippen LogP contribution in [-0.2, 0) is 26.7 Å². The molecule has 0 saturated carbocycles. The average Bonchev–Trinajstić information content (AvgIpc) is 3.37. The number of carbonyl (C=O) groups excluding carboxylic acids is 1. The van der Waals surface area contributed by atoms with Crippen LogP contribution in [0.15, 0.2) is 90.4 Å². The Labute approximate surface area is 174 Å². The second kappa shape index (κ2) is 12.3. The molecule has 0 radical (unpaired) electrons. The van der Waals surface area contributed by atoms with Crippen LogP contribution >= 0.6 is 0 Å². The molecule has 0 aromatic heterocycles. The molecule has 0 aliphatic heterocycles. The van der Waals surface area contributed by atoms with Gasteiger partial charge in [0.2, 0.25) is 5.91 Å². The molecule has 0 unspecified atom stereocenters. The second-order valence-electron chi connectivity index (χ2n) is 5.61. The molecule has 146 valence electrons. The van der Waals surface area contributed by atoms with Crippen LogP contribution in [0.2, 0.25) is 0 Å². The number of anilines is 2. The Bertz CT molecular complexity index is 807. The van der Waals surface area contributed by atoms with Gasteiger partial charge in [-0.05, 0) is 35.7 Å². The number of carbonyl (C=O) groups is 2. The van der Waals surface area contributed by atoms with Crippen molar-refractivity contribution in [2.75, 3.05) is 10.6 Å². The molecular weight excluding hydrogens is 400 g/mol. The first-order valence-corrected chi connectivity index (χ1v) is 8.36. The number of benzene rings is 1. The molecule has 7 heteroatoms. The van der Waals surface area contributed by atoms with Crippen molar-refractivity contribution in [3.8, 4) is 0 Å². The number of aliphatic carboxylic acids is 1. The molecule has 0 saturated heterocycles. The summed E-state index contributed by atoms with van der Waals surface area (Å²) in [7, 11) is 0. The summed E-state index contributed by atoms with van der Waals surface area (Å²) in [5.41, 5.74) is 1.72. The summed E-state index contributed by atoms with van der Waals surface area (Å²) in [6.07, 6.45) is 6.71. The number of carboxylic acid groups (broad SMARTS) is 1. The summed E-state index contributed by atoms with van der Waals surface area (Å²) >= 11 is 0. The van der Waals surface area contributed by atoms with E-state index in [9.17, 15) is 14.7 Å². The monoisotopic (exact) mass is 420 g/mol. The maximum Gasteiger partial charge on any atom is 2.00 e. The third kappa shape index (κ3) is 8.49. The van der Waals surface area contributed by atoms with Crippen LogP contribution in [0.5, 0.6) is 0 Å². The number of rotatable bonds is 6. The van der Waals surface area contributed by atoms with Crippen LogP contribution in [0.3, 0.4) is 0 Å². The molecule has 0 heterocycles. The van der Waals surface area contributed by atoms with Gasteiger partial charge in [0.25, 0.3) is 0 Å². The van der Waals surface area contributed by atoms with Crippen LogP contribution < -0.4 is 15.7 Å². The first kappa shape index (κ1) is 22.9. The van der Waals surface area contributed by atoms with Gasteiger partial charge < -0.3 is 20.8 Å². The predicted molar refractivity (Wildman–Crippen MR) is 103 cm³/mol. The summed E-state index contributed by atoms with van der Waals surface area (Å²) in [4.78, 5) is 21.9. The van der Waals surface area contributed by atoms with Gasteiger partial charge in [0, 0.05) is 17.8 Å².